The SMILES string of the molecule is COCCCN1CCC(CCc2ccc(C)cc2)CC1. The highest BCUT2D eigenvalue weighted by Gasteiger charge is 2.18. The molecule has 2 rings (SSSR count). The smallest absolute Gasteiger partial charge is 0.0474 e. The molecule has 1 heterocycles. The lowest BCUT2D eigenvalue weighted by atomic mass is 9.90. The quantitative estimate of drug-likeness (QED) is 0.704. The zero-order valence-electron chi connectivity index (χ0n) is 13.1. The molecule has 1 aliphatic heterocycles. The molecule has 0 aromatic heterocycles. The van der Waals surface area contributed by atoms with Crippen LogP contribution in [0.4, 0.5) is 0 Å². The molecular formula is C18H29NO. The van der Waals surface area contributed by atoms with E-state index in [1.807, 2.05) is 0 Å². The van der Waals surface area contributed by atoms with Crippen LogP contribution in [0.2, 0.25) is 0 Å². The predicted molar refractivity (Wildman–Crippen MR) is 85.2 cm³/mol. The first-order valence-electron chi connectivity index (χ1n) is 8.05. The van der Waals surface area contributed by atoms with Gasteiger partial charge in [0.15, 0.2) is 0 Å². The fourth-order valence-corrected chi connectivity index (χ4v) is 3.06. The molecule has 0 atom stereocenters. The van der Waals surface area contributed by atoms with E-state index in [1.54, 1.807) is 7.11 Å². The van der Waals surface area contributed by atoms with E-state index in [2.05, 4.69) is 36.1 Å². The molecule has 0 radical (unpaired) electrons. The number of piperidine rings is 1. The van der Waals surface area contributed by atoms with Crippen LogP contribution in [-0.4, -0.2) is 38.3 Å². The van der Waals surface area contributed by atoms with Gasteiger partial charge in [0, 0.05) is 20.3 Å². The minimum Gasteiger partial charge on any atom is -0.385 e. The van der Waals surface area contributed by atoms with Crippen molar-refractivity contribution in [2.45, 2.75) is 39.0 Å². The van der Waals surface area contributed by atoms with Crippen molar-refractivity contribution >= 4 is 0 Å². The van der Waals surface area contributed by atoms with Crippen molar-refractivity contribution in [2.75, 3.05) is 33.4 Å². The highest BCUT2D eigenvalue weighted by atomic mass is 16.5. The molecular weight excluding hydrogens is 246 g/mol. The Bertz CT molecular complexity index is 366. The van der Waals surface area contributed by atoms with Crippen molar-refractivity contribution in [3.63, 3.8) is 0 Å². The summed E-state index contributed by atoms with van der Waals surface area (Å²) in [5.41, 5.74) is 2.86. The molecule has 1 aliphatic rings. The molecule has 0 N–H and O–H groups in total. The lowest BCUT2D eigenvalue weighted by Crippen LogP contribution is -2.34. The molecule has 1 fully saturated rings. The molecule has 2 nitrogen and oxygen atoms in total. The van der Waals surface area contributed by atoms with E-state index in [1.165, 1.54) is 62.9 Å². The maximum absolute atomic E-state index is 5.12. The summed E-state index contributed by atoms with van der Waals surface area (Å²) in [7, 11) is 1.79. The third-order valence-electron chi connectivity index (χ3n) is 4.49. The largest absolute Gasteiger partial charge is 0.385 e. The Morgan fingerprint density at radius 1 is 1.15 bits per heavy atom. The molecule has 1 aromatic carbocycles. The van der Waals surface area contributed by atoms with E-state index in [0.717, 1.165) is 12.5 Å². The number of methoxy groups -OCH3 is 1. The summed E-state index contributed by atoms with van der Waals surface area (Å²) in [5, 5.41) is 0. The number of likely N-dealkylation sites (tertiary alicyclic amines) is 1. The predicted octanol–water partition coefficient (Wildman–Crippen LogP) is 3.68. The van der Waals surface area contributed by atoms with Crippen LogP contribution in [0.25, 0.3) is 0 Å². The summed E-state index contributed by atoms with van der Waals surface area (Å²) >= 11 is 0. The van der Waals surface area contributed by atoms with Gasteiger partial charge in [0.2, 0.25) is 0 Å². The van der Waals surface area contributed by atoms with E-state index >= 15 is 0 Å². The maximum Gasteiger partial charge on any atom is 0.0474 e. The number of aryl methyl sites for hydroxylation is 2. The van der Waals surface area contributed by atoms with Gasteiger partial charge in [-0.2, -0.15) is 0 Å². The zero-order valence-corrected chi connectivity index (χ0v) is 13.1. The third-order valence-corrected chi connectivity index (χ3v) is 4.49. The normalized spacial score (nSPS) is 17.5. The number of nitrogens with zero attached hydrogens (tertiary/aromatic N) is 1. The van der Waals surface area contributed by atoms with Gasteiger partial charge in [-0.15, -0.1) is 0 Å². The Labute approximate surface area is 124 Å². The molecule has 0 aliphatic carbocycles. The van der Waals surface area contributed by atoms with Gasteiger partial charge in [0.05, 0.1) is 0 Å². The summed E-state index contributed by atoms with van der Waals surface area (Å²) in [6.45, 7) is 6.82. The van der Waals surface area contributed by atoms with Crippen LogP contribution in [0.3, 0.4) is 0 Å². The number of ether oxygens (including phenoxy) is 1. The first-order chi connectivity index (χ1) is 9.78. The Morgan fingerprint density at radius 3 is 2.50 bits per heavy atom. The van der Waals surface area contributed by atoms with Crippen LogP contribution in [0.15, 0.2) is 24.3 Å². The Hall–Kier alpha value is -0.860. The number of benzene rings is 1. The summed E-state index contributed by atoms with van der Waals surface area (Å²) in [6, 6.07) is 9.03. The second-order valence-electron chi connectivity index (χ2n) is 6.16. The van der Waals surface area contributed by atoms with Gasteiger partial charge >= 0.3 is 0 Å². The fourth-order valence-electron chi connectivity index (χ4n) is 3.06. The van der Waals surface area contributed by atoms with Crippen LogP contribution < -0.4 is 0 Å². The standard InChI is InChI=1S/C18H29NO/c1-16-4-6-17(7-5-16)8-9-18-10-13-19(14-11-18)12-3-15-20-2/h4-7,18H,3,8-15H2,1-2H3. The molecule has 20 heavy (non-hydrogen) atoms. The molecule has 0 spiro atoms. The van der Waals surface area contributed by atoms with Gasteiger partial charge in [-0.25, -0.2) is 0 Å². The van der Waals surface area contributed by atoms with E-state index in [-0.39, 0.29) is 0 Å². The van der Waals surface area contributed by atoms with Gasteiger partial charge in [-0.05, 0) is 63.6 Å². The molecule has 2 heteroatoms. The average Bonchev–Trinajstić information content (AvgIpc) is 2.48. The van der Waals surface area contributed by atoms with E-state index in [4.69, 9.17) is 4.74 Å². The van der Waals surface area contributed by atoms with Crippen molar-refractivity contribution in [1.82, 2.24) is 4.90 Å². The van der Waals surface area contributed by atoms with Crippen molar-refractivity contribution in [3.8, 4) is 0 Å². The second-order valence-corrected chi connectivity index (χ2v) is 6.16. The summed E-state index contributed by atoms with van der Waals surface area (Å²) in [5.74, 6) is 0.926. The van der Waals surface area contributed by atoms with Gasteiger partial charge in [0.1, 0.15) is 0 Å². The monoisotopic (exact) mass is 275 g/mol. The number of hydrogen-bond donors (Lipinski definition) is 0. The van der Waals surface area contributed by atoms with Gasteiger partial charge in [-0.1, -0.05) is 29.8 Å². The molecule has 0 amide bonds. The first-order valence-corrected chi connectivity index (χ1v) is 8.05. The van der Waals surface area contributed by atoms with Crippen LogP contribution in [0.5, 0.6) is 0 Å². The minimum absolute atomic E-state index is 0.896. The van der Waals surface area contributed by atoms with Crippen LogP contribution in [0, 0.1) is 12.8 Å². The Balaban J connectivity index is 1.63. The number of rotatable bonds is 7. The molecule has 0 bridgehead atoms. The van der Waals surface area contributed by atoms with Crippen LogP contribution in [0.1, 0.15) is 36.8 Å². The molecule has 112 valence electrons. The van der Waals surface area contributed by atoms with Gasteiger partial charge in [-0.3, -0.25) is 0 Å². The molecule has 1 aromatic rings. The Morgan fingerprint density at radius 2 is 1.85 bits per heavy atom. The zero-order chi connectivity index (χ0) is 14.2. The minimum atomic E-state index is 0.896. The highest BCUT2D eigenvalue weighted by molar-refractivity contribution is 5.21. The Kier molecular flexibility index (Phi) is 6.55. The maximum atomic E-state index is 5.12. The van der Waals surface area contributed by atoms with E-state index < -0.39 is 0 Å². The van der Waals surface area contributed by atoms with Gasteiger partial charge in [0.25, 0.3) is 0 Å². The molecule has 0 saturated carbocycles. The lowest BCUT2D eigenvalue weighted by Gasteiger charge is -2.32. The van der Waals surface area contributed by atoms with Crippen LogP contribution >= 0.6 is 0 Å². The summed E-state index contributed by atoms with van der Waals surface area (Å²) in [4.78, 5) is 2.60. The van der Waals surface area contributed by atoms with Crippen molar-refractivity contribution in [3.05, 3.63) is 35.4 Å². The third kappa shape index (κ3) is 5.26. The van der Waals surface area contributed by atoms with Gasteiger partial charge < -0.3 is 9.64 Å². The lowest BCUT2D eigenvalue weighted by molar-refractivity contribution is 0.144. The fraction of sp³-hybridized carbons (Fsp3) is 0.667. The van der Waals surface area contributed by atoms with Crippen molar-refractivity contribution < 1.29 is 4.74 Å². The van der Waals surface area contributed by atoms with E-state index in [0.29, 0.717) is 0 Å². The molecule has 1 saturated heterocycles. The first kappa shape index (κ1) is 15.5. The topological polar surface area (TPSA) is 12.5 Å². The second kappa shape index (κ2) is 8.43. The summed E-state index contributed by atoms with van der Waals surface area (Å²) in [6.07, 6.45) is 6.52. The summed E-state index contributed by atoms with van der Waals surface area (Å²) < 4.78 is 5.12. The van der Waals surface area contributed by atoms with Crippen LogP contribution in [-0.2, 0) is 11.2 Å². The molecule has 0 unspecified atom stereocenters. The number of hydrogen-bond acceptors (Lipinski definition) is 2. The van der Waals surface area contributed by atoms with E-state index in [9.17, 15) is 0 Å². The highest BCUT2D eigenvalue weighted by Crippen LogP contribution is 2.22. The average molecular weight is 275 g/mol. The van der Waals surface area contributed by atoms with Crippen molar-refractivity contribution in [1.29, 1.82) is 0 Å². The van der Waals surface area contributed by atoms with Crippen molar-refractivity contribution in [2.24, 2.45) is 5.92 Å².